The van der Waals surface area contributed by atoms with E-state index in [0.29, 0.717) is 0 Å². The minimum atomic E-state index is 0. The molecule has 0 amide bonds. The van der Waals surface area contributed by atoms with E-state index in [4.69, 9.17) is 11.6 Å². The van der Waals surface area contributed by atoms with Crippen LogP contribution in [-0.2, 0) is 41.9 Å². The molecule has 5 aromatic carbocycles. The van der Waals surface area contributed by atoms with Crippen LogP contribution in [-0.4, -0.2) is 5.88 Å². The van der Waals surface area contributed by atoms with Gasteiger partial charge in [-0.05, 0) is 73.8 Å². The quantitative estimate of drug-likeness (QED) is 0.0573. The smallest absolute Gasteiger partial charge is 0.0223 e. The normalized spacial score (nSPS) is 10.1. The molecule has 0 aliphatic rings. The van der Waals surface area contributed by atoms with Gasteiger partial charge in [-0.25, -0.2) is 0 Å². The molecule has 0 unspecified atom stereocenters. The maximum atomic E-state index is 5.44. The molecule has 0 spiro atoms. The third kappa shape index (κ3) is 6.83. The summed E-state index contributed by atoms with van der Waals surface area (Å²) in [7, 11) is 0. The largest absolute Gasteiger partial charge is 0.197 e. The van der Waals surface area contributed by atoms with Gasteiger partial charge in [0.05, 0.1) is 0 Å². The van der Waals surface area contributed by atoms with E-state index in [9.17, 15) is 0 Å². The first kappa shape index (κ1) is 29.2. The molecule has 0 fully saturated rings. The number of unbranched alkanes of at least 4 members (excludes halogenated alkanes) is 3. The van der Waals surface area contributed by atoms with Gasteiger partial charge in [-0.3, -0.25) is 0 Å². The zero-order chi connectivity index (χ0) is 20.1. The van der Waals surface area contributed by atoms with Crippen molar-refractivity contribution in [3.05, 3.63) is 84.9 Å². The number of hydrogen-bond acceptors (Lipinski definition) is 0. The minimum Gasteiger partial charge on any atom is -0.197 e. The summed E-state index contributed by atoms with van der Waals surface area (Å²) >= 11 is 5.44. The number of alkyl halides is 1. The van der Waals surface area contributed by atoms with Crippen molar-refractivity contribution in [1.29, 1.82) is 0 Å². The van der Waals surface area contributed by atoms with Gasteiger partial charge in [0, 0.05) is 47.7 Å². The van der Waals surface area contributed by atoms with E-state index in [1.165, 1.54) is 68.8 Å². The van der Waals surface area contributed by atoms with Crippen LogP contribution >= 0.6 is 25.1 Å². The molecule has 5 rings (SSSR count). The summed E-state index contributed by atoms with van der Waals surface area (Å²) < 4.78 is 0. The molecule has 0 bridgehead atoms. The standard InChI is InChI=1S/C22H14.C6H13Cl.Rh.H2S.Ta/c1-3-7-17-13-21-19(11-15(17)5-1)9-10-20-12-16-6-2-4-8-18(16)14-22(20)21;1-2-3-4-5-6-7;;;/h1-14H;2-6H2,1H3;;1H2;. The summed E-state index contributed by atoms with van der Waals surface area (Å²) in [5.74, 6) is 0.833. The SMILES string of the molecule is CCCCCCCl.S.[Rh].[Ta].c1ccc2cc3c(ccc4cc5ccccc5cc43)cc2c1. The first-order chi connectivity index (χ1) is 14.3. The summed E-state index contributed by atoms with van der Waals surface area (Å²) in [5.41, 5.74) is 0. The Kier molecular flexibility index (Phi) is 13.1. The Labute approximate surface area is 231 Å². The van der Waals surface area contributed by atoms with Crippen LogP contribution in [0.3, 0.4) is 0 Å². The second-order valence-electron chi connectivity index (χ2n) is 7.66. The second kappa shape index (κ2) is 14.4. The van der Waals surface area contributed by atoms with Crippen LogP contribution in [0.1, 0.15) is 32.6 Å². The van der Waals surface area contributed by atoms with Crippen molar-refractivity contribution in [2.75, 3.05) is 5.88 Å². The maximum absolute atomic E-state index is 5.44. The molecule has 32 heavy (non-hydrogen) atoms. The zero-order valence-electron chi connectivity index (χ0n) is 18.3. The van der Waals surface area contributed by atoms with Crippen LogP contribution in [0.2, 0.25) is 0 Å². The van der Waals surface area contributed by atoms with Gasteiger partial charge < -0.3 is 0 Å². The average molecular weight is 717 g/mol. The van der Waals surface area contributed by atoms with E-state index >= 15 is 0 Å². The van der Waals surface area contributed by atoms with Gasteiger partial charge in [-0.2, -0.15) is 13.5 Å². The van der Waals surface area contributed by atoms with Crippen molar-refractivity contribution in [1.82, 2.24) is 0 Å². The molecule has 4 heteroatoms. The minimum absolute atomic E-state index is 0. The molecule has 0 aliphatic heterocycles. The molecule has 0 nitrogen and oxygen atoms in total. The summed E-state index contributed by atoms with van der Waals surface area (Å²) in [6.07, 6.45) is 5.14. The molecule has 0 atom stereocenters. The Balaban J connectivity index is 0.000000454. The van der Waals surface area contributed by atoms with Crippen molar-refractivity contribution in [3.63, 3.8) is 0 Å². The van der Waals surface area contributed by atoms with Crippen LogP contribution in [0.15, 0.2) is 84.9 Å². The Morgan fingerprint density at radius 3 is 1.34 bits per heavy atom. The maximum Gasteiger partial charge on any atom is 0.0223 e. The molecular weight excluding hydrogens is 688 g/mol. The summed E-state index contributed by atoms with van der Waals surface area (Å²) in [6.45, 7) is 2.20. The number of hydrogen-bond donors (Lipinski definition) is 0. The predicted octanol–water partition coefficient (Wildman–Crippen LogP) is 9.21. The third-order valence-electron chi connectivity index (χ3n) is 5.56. The Bertz CT molecular complexity index is 1170. The van der Waals surface area contributed by atoms with E-state index < -0.39 is 0 Å². The molecule has 168 valence electrons. The Hall–Kier alpha value is -0.856. The van der Waals surface area contributed by atoms with Crippen LogP contribution < -0.4 is 0 Å². The molecule has 0 heterocycles. The van der Waals surface area contributed by atoms with Gasteiger partial charge in [-0.15, -0.1) is 11.6 Å². The average Bonchev–Trinajstić information content (AvgIpc) is 2.77. The molecular formula is C28H29ClRhSTa. The fraction of sp³-hybridized carbons (Fsp3) is 0.214. The van der Waals surface area contributed by atoms with Crippen LogP contribution in [0, 0.1) is 0 Å². The van der Waals surface area contributed by atoms with Crippen molar-refractivity contribution in [2.45, 2.75) is 32.6 Å². The fourth-order valence-corrected chi connectivity index (χ4v) is 4.15. The number of fused-ring (bicyclic) bond motifs is 5. The van der Waals surface area contributed by atoms with Crippen molar-refractivity contribution in [2.24, 2.45) is 0 Å². The van der Waals surface area contributed by atoms with Crippen LogP contribution in [0.5, 0.6) is 0 Å². The van der Waals surface area contributed by atoms with Crippen molar-refractivity contribution < 1.29 is 41.9 Å². The molecule has 0 saturated carbocycles. The van der Waals surface area contributed by atoms with E-state index in [2.05, 4.69) is 91.9 Å². The van der Waals surface area contributed by atoms with Gasteiger partial charge >= 0.3 is 0 Å². The van der Waals surface area contributed by atoms with Gasteiger partial charge in [0.25, 0.3) is 0 Å². The Morgan fingerprint density at radius 1 is 0.562 bits per heavy atom. The summed E-state index contributed by atoms with van der Waals surface area (Å²) in [4.78, 5) is 0. The molecule has 5 aromatic rings. The van der Waals surface area contributed by atoms with Crippen molar-refractivity contribution >= 4 is 68.2 Å². The zero-order valence-corrected chi connectivity index (χ0v) is 24.9. The molecule has 0 N–H and O–H groups in total. The topological polar surface area (TPSA) is 0 Å². The summed E-state index contributed by atoms with van der Waals surface area (Å²) in [6, 6.07) is 30.8. The second-order valence-corrected chi connectivity index (χ2v) is 8.03. The fourth-order valence-electron chi connectivity index (χ4n) is 3.96. The van der Waals surface area contributed by atoms with Gasteiger partial charge in [0.2, 0.25) is 0 Å². The Morgan fingerprint density at radius 2 is 0.969 bits per heavy atom. The predicted molar refractivity (Wildman–Crippen MR) is 142 cm³/mol. The third-order valence-corrected chi connectivity index (χ3v) is 5.82. The van der Waals surface area contributed by atoms with E-state index in [1.54, 1.807) is 0 Å². The van der Waals surface area contributed by atoms with E-state index in [-0.39, 0.29) is 55.4 Å². The van der Waals surface area contributed by atoms with Crippen LogP contribution in [0.25, 0.3) is 43.1 Å². The number of halogens is 1. The van der Waals surface area contributed by atoms with Gasteiger partial charge in [-0.1, -0.05) is 86.8 Å². The molecule has 2 radical (unpaired) electrons. The van der Waals surface area contributed by atoms with E-state index in [0.717, 1.165) is 5.88 Å². The monoisotopic (exact) mass is 716 g/mol. The first-order valence-electron chi connectivity index (χ1n) is 10.6. The van der Waals surface area contributed by atoms with E-state index in [1.807, 2.05) is 0 Å². The summed E-state index contributed by atoms with van der Waals surface area (Å²) in [5, 5.41) is 10.5. The first-order valence-corrected chi connectivity index (χ1v) is 11.1. The van der Waals surface area contributed by atoms with Crippen LogP contribution in [0.4, 0.5) is 0 Å². The van der Waals surface area contributed by atoms with Crippen molar-refractivity contribution in [3.8, 4) is 0 Å². The molecule has 0 aromatic heterocycles. The van der Waals surface area contributed by atoms with Gasteiger partial charge in [0.15, 0.2) is 0 Å². The molecule has 0 saturated heterocycles. The van der Waals surface area contributed by atoms with Gasteiger partial charge in [0.1, 0.15) is 0 Å². The number of rotatable bonds is 4. The number of benzene rings is 5. The molecule has 0 aliphatic carbocycles.